The van der Waals surface area contributed by atoms with Crippen molar-refractivity contribution in [3.63, 3.8) is 0 Å². The molecule has 11 heteroatoms. The third kappa shape index (κ3) is 3.79. The Morgan fingerprint density at radius 3 is 2.44 bits per heavy atom. The normalized spacial score (nSPS) is 11.6. The van der Waals surface area contributed by atoms with Gasteiger partial charge in [-0.3, -0.25) is 9.78 Å². The third-order valence-corrected chi connectivity index (χ3v) is 5.69. The molecule has 0 unspecified atom stereocenters. The number of carbonyl (C=O) groups is 1. The van der Waals surface area contributed by atoms with E-state index in [1.54, 1.807) is 35.8 Å². The lowest BCUT2D eigenvalue weighted by Gasteiger charge is -2.23. The summed E-state index contributed by atoms with van der Waals surface area (Å²) in [6.07, 6.45) is 3.07. The van der Waals surface area contributed by atoms with Crippen molar-refractivity contribution in [2.24, 2.45) is 0 Å². The Balaban J connectivity index is 1.38. The van der Waals surface area contributed by atoms with E-state index in [4.69, 9.17) is 14.2 Å². The van der Waals surface area contributed by atoms with Gasteiger partial charge in [-0.2, -0.15) is 8.78 Å². The maximum Gasteiger partial charge on any atom is 0.269 e. The number of carbonyl (C=O) groups excluding carboxylic acids is 1. The van der Waals surface area contributed by atoms with Gasteiger partial charge >= 0.3 is 0 Å². The van der Waals surface area contributed by atoms with Gasteiger partial charge in [0, 0.05) is 11.8 Å². The summed E-state index contributed by atoms with van der Waals surface area (Å²) in [5.74, 6) is -9.49. The molecule has 34 heavy (non-hydrogen) atoms. The SMILES string of the molecule is O=C(Nc1cccnc1)c1sccc1OCc1cccc2c1Oc1c(F)c(F)c(F)c(F)c1O2. The topological polar surface area (TPSA) is 69.7 Å². The number of hydrogen-bond donors (Lipinski definition) is 1. The van der Waals surface area contributed by atoms with Crippen LogP contribution in [0.3, 0.4) is 0 Å². The van der Waals surface area contributed by atoms with Crippen LogP contribution in [0.5, 0.6) is 28.7 Å². The molecule has 5 rings (SSSR count). The molecule has 0 saturated carbocycles. The summed E-state index contributed by atoms with van der Waals surface area (Å²) in [7, 11) is 0. The molecule has 0 aliphatic carbocycles. The maximum absolute atomic E-state index is 14.2. The highest BCUT2D eigenvalue weighted by molar-refractivity contribution is 7.12. The van der Waals surface area contributed by atoms with Gasteiger partial charge in [-0.15, -0.1) is 11.3 Å². The number of halogens is 4. The lowest BCUT2D eigenvalue weighted by atomic mass is 10.1. The molecule has 6 nitrogen and oxygen atoms in total. The van der Waals surface area contributed by atoms with Crippen LogP contribution < -0.4 is 19.5 Å². The number of thiophene rings is 1. The number of nitrogens with one attached hydrogen (secondary N) is 1. The van der Waals surface area contributed by atoms with Crippen molar-refractivity contribution in [1.29, 1.82) is 0 Å². The lowest BCUT2D eigenvalue weighted by Crippen LogP contribution is -2.12. The van der Waals surface area contributed by atoms with Crippen LogP contribution in [0.25, 0.3) is 0 Å². The van der Waals surface area contributed by atoms with Crippen molar-refractivity contribution in [3.05, 3.63) is 87.9 Å². The second-order valence-electron chi connectivity index (χ2n) is 6.96. The number of pyridine rings is 1. The number of aromatic nitrogens is 1. The standard InChI is InChI=1S/C23H12F4N2O4S/c24-15-16(25)18(27)21-20(17(15)26)32-13-5-1-3-11(19(13)33-21)10-31-14-6-8-34-22(14)23(30)29-12-4-2-7-28-9-12/h1-9H,10H2,(H,29,30). The number of amides is 1. The van der Waals surface area contributed by atoms with Gasteiger partial charge in [0.2, 0.25) is 34.8 Å². The number of para-hydroxylation sites is 1. The summed E-state index contributed by atoms with van der Waals surface area (Å²) >= 11 is 1.16. The molecule has 0 radical (unpaired) electrons. The van der Waals surface area contributed by atoms with Crippen LogP contribution in [0.4, 0.5) is 23.2 Å². The average Bonchev–Trinajstić information content (AvgIpc) is 3.33. The highest BCUT2D eigenvalue weighted by atomic mass is 32.1. The summed E-state index contributed by atoms with van der Waals surface area (Å²) in [6.45, 7) is -0.153. The minimum Gasteiger partial charge on any atom is -0.487 e. The molecule has 0 fully saturated rings. The Kier molecular flexibility index (Phi) is 5.54. The number of ether oxygens (including phenoxy) is 3. The predicted octanol–water partition coefficient (Wildman–Crippen LogP) is 6.43. The summed E-state index contributed by atoms with van der Waals surface area (Å²) < 4.78 is 71.9. The van der Waals surface area contributed by atoms with E-state index >= 15 is 0 Å². The molecule has 2 aromatic carbocycles. The zero-order valence-corrected chi connectivity index (χ0v) is 17.7. The molecule has 0 spiro atoms. The maximum atomic E-state index is 14.2. The highest BCUT2D eigenvalue weighted by Crippen LogP contribution is 2.50. The Bertz CT molecular complexity index is 1410. The third-order valence-electron chi connectivity index (χ3n) is 4.80. The minimum atomic E-state index is -2.01. The van der Waals surface area contributed by atoms with Gasteiger partial charge in [-0.25, -0.2) is 8.78 Å². The van der Waals surface area contributed by atoms with Gasteiger partial charge < -0.3 is 19.5 Å². The Morgan fingerprint density at radius 1 is 0.941 bits per heavy atom. The van der Waals surface area contributed by atoms with Gasteiger partial charge in [-0.1, -0.05) is 12.1 Å². The molecule has 1 amide bonds. The van der Waals surface area contributed by atoms with Crippen molar-refractivity contribution in [2.45, 2.75) is 6.61 Å². The van der Waals surface area contributed by atoms with Crippen LogP contribution >= 0.6 is 11.3 Å². The molecule has 1 aliphatic heterocycles. The number of fused-ring (bicyclic) bond motifs is 2. The Hall–Kier alpha value is -4.12. The van der Waals surface area contributed by atoms with E-state index in [1.165, 1.54) is 18.3 Å². The smallest absolute Gasteiger partial charge is 0.269 e. The van der Waals surface area contributed by atoms with E-state index in [-0.39, 0.29) is 23.9 Å². The van der Waals surface area contributed by atoms with Crippen molar-refractivity contribution in [1.82, 2.24) is 4.98 Å². The van der Waals surface area contributed by atoms with Gasteiger partial charge in [0.15, 0.2) is 11.5 Å². The van der Waals surface area contributed by atoms with Crippen LogP contribution in [0, 0.1) is 23.3 Å². The molecule has 2 aromatic heterocycles. The fourth-order valence-electron chi connectivity index (χ4n) is 3.21. The first-order valence-corrected chi connectivity index (χ1v) is 10.6. The molecule has 0 bridgehead atoms. The number of anilines is 1. The first kappa shape index (κ1) is 21.7. The van der Waals surface area contributed by atoms with E-state index in [0.717, 1.165) is 11.3 Å². The zero-order chi connectivity index (χ0) is 23.8. The highest BCUT2D eigenvalue weighted by Gasteiger charge is 2.33. The number of rotatable bonds is 5. The van der Waals surface area contributed by atoms with Gasteiger partial charge in [0.25, 0.3) is 5.91 Å². The Labute approximate surface area is 193 Å². The summed E-state index contributed by atoms with van der Waals surface area (Å²) in [5.41, 5.74) is 0.837. The quantitative estimate of drug-likeness (QED) is 0.175. The number of benzene rings is 2. The second kappa shape index (κ2) is 8.67. The zero-order valence-electron chi connectivity index (χ0n) is 16.9. The van der Waals surface area contributed by atoms with Gasteiger partial charge in [0.1, 0.15) is 17.2 Å². The molecule has 0 saturated heterocycles. The number of nitrogens with zero attached hydrogens (tertiary/aromatic N) is 1. The van der Waals surface area contributed by atoms with Crippen LogP contribution in [0.1, 0.15) is 15.2 Å². The molecular formula is C23H12F4N2O4S. The molecular weight excluding hydrogens is 476 g/mol. The summed E-state index contributed by atoms with van der Waals surface area (Å²) in [5, 5.41) is 4.37. The van der Waals surface area contributed by atoms with Crippen LogP contribution in [-0.4, -0.2) is 10.9 Å². The second-order valence-corrected chi connectivity index (χ2v) is 7.88. The van der Waals surface area contributed by atoms with Crippen LogP contribution in [0.2, 0.25) is 0 Å². The van der Waals surface area contributed by atoms with E-state index in [1.807, 2.05) is 0 Å². The van der Waals surface area contributed by atoms with Crippen molar-refractivity contribution in [2.75, 3.05) is 5.32 Å². The average molecular weight is 488 g/mol. The first-order valence-electron chi connectivity index (χ1n) is 9.69. The van der Waals surface area contributed by atoms with Crippen molar-refractivity contribution >= 4 is 22.9 Å². The van der Waals surface area contributed by atoms with Crippen molar-refractivity contribution in [3.8, 4) is 28.7 Å². The van der Waals surface area contributed by atoms with Gasteiger partial charge in [0.05, 0.1) is 11.9 Å². The van der Waals surface area contributed by atoms with E-state index in [9.17, 15) is 22.4 Å². The van der Waals surface area contributed by atoms with Crippen LogP contribution in [0.15, 0.2) is 54.2 Å². The largest absolute Gasteiger partial charge is 0.487 e. The van der Waals surface area contributed by atoms with E-state index < -0.39 is 40.7 Å². The lowest BCUT2D eigenvalue weighted by molar-refractivity contribution is 0.102. The molecule has 1 aliphatic rings. The molecule has 0 atom stereocenters. The number of hydrogen-bond acceptors (Lipinski definition) is 6. The molecule has 172 valence electrons. The fourth-order valence-corrected chi connectivity index (χ4v) is 3.94. The minimum absolute atomic E-state index is 0.0437. The van der Waals surface area contributed by atoms with Crippen molar-refractivity contribution < 1.29 is 36.6 Å². The Morgan fingerprint density at radius 2 is 1.71 bits per heavy atom. The summed E-state index contributed by atoms with van der Waals surface area (Å²) in [6, 6.07) is 9.43. The molecule has 1 N–H and O–H groups in total. The van der Waals surface area contributed by atoms with E-state index in [0.29, 0.717) is 16.1 Å². The first-order chi connectivity index (χ1) is 16.4. The predicted molar refractivity (Wildman–Crippen MR) is 114 cm³/mol. The fraction of sp³-hybridized carbons (Fsp3) is 0.0435. The molecule has 4 aromatic rings. The van der Waals surface area contributed by atoms with Gasteiger partial charge in [-0.05, 0) is 29.6 Å². The van der Waals surface area contributed by atoms with Crippen LogP contribution in [-0.2, 0) is 6.61 Å². The molecule has 3 heterocycles. The monoisotopic (exact) mass is 488 g/mol. The van der Waals surface area contributed by atoms with E-state index in [2.05, 4.69) is 10.3 Å². The summed E-state index contributed by atoms with van der Waals surface area (Å²) in [4.78, 5) is 16.8.